The van der Waals surface area contributed by atoms with Crippen LogP contribution in [0.4, 0.5) is 10.1 Å². The predicted octanol–water partition coefficient (Wildman–Crippen LogP) is 3.40. The number of hydrogen-bond acceptors (Lipinski definition) is 4. The van der Waals surface area contributed by atoms with Gasteiger partial charge in [-0.15, -0.1) is 11.3 Å². The quantitative estimate of drug-likeness (QED) is 0.841. The Morgan fingerprint density at radius 3 is 2.72 bits per heavy atom. The van der Waals surface area contributed by atoms with Gasteiger partial charge in [-0.3, -0.25) is 4.79 Å². The summed E-state index contributed by atoms with van der Waals surface area (Å²) in [7, 11) is 1.73. The number of halogens is 1. The summed E-state index contributed by atoms with van der Waals surface area (Å²) in [5.41, 5.74) is 0.751. The van der Waals surface area contributed by atoms with E-state index in [1.165, 1.54) is 17.4 Å². The zero-order valence-corrected chi connectivity index (χ0v) is 15.0. The number of thiophene rings is 1. The molecule has 2 aliphatic heterocycles. The fraction of sp³-hybridized carbons (Fsp3) is 0.421. The van der Waals surface area contributed by atoms with Crippen molar-refractivity contribution in [1.29, 1.82) is 0 Å². The van der Waals surface area contributed by atoms with E-state index in [4.69, 9.17) is 4.74 Å². The fourth-order valence-corrected chi connectivity index (χ4v) is 4.82. The molecule has 2 saturated heterocycles. The van der Waals surface area contributed by atoms with Crippen LogP contribution < -0.4 is 4.90 Å². The van der Waals surface area contributed by atoms with Crippen LogP contribution in [0.1, 0.15) is 22.5 Å². The Hall–Kier alpha value is -1.92. The van der Waals surface area contributed by atoms with E-state index in [9.17, 15) is 9.18 Å². The maximum Gasteiger partial charge on any atom is 0.263 e. The standard InChI is InChI=1S/C19H21FN2O2S/c1-24-17-13-22(15-5-2-4-14(20)12-15)19(17)7-9-21(10-8-19)18(23)16-6-3-11-25-16/h2-6,11-12,17H,7-10,13H2,1H3. The fourth-order valence-electron chi connectivity index (χ4n) is 4.12. The molecule has 0 aliphatic carbocycles. The van der Waals surface area contributed by atoms with E-state index in [1.54, 1.807) is 19.2 Å². The Morgan fingerprint density at radius 2 is 2.08 bits per heavy atom. The number of benzene rings is 1. The van der Waals surface area contributed by atoms with Gasteiger partial charge in [0.05, 0.1) is 16.5 Å². The van der Waals surface area contributed by atoms with Crippen LogP contribution in [0, 0.1) is 5.82 Å². The average molecular weight is 360 g/mol. The average Bonchev–Trinajstić information content (AvgIpc) is 3.15. The van der Waals surface area contributed by atoms with Gasteiger partial charge in [0.25, 0.3) is 5.91 Å². The summed E-state index contributed by atoms with van der Waals surface area (Å²) in [6.45, 7) is 2.16. The molecule has 6 heteroatoms. The molecular formula is C19H21FN2O2S. The molecule has 1 aromatic carbocycles. The van der Waals surface area contributed by atoms with Crippen LogP contribution in [0.25, 0.3) is 0 Å². The van der Waals surface area contributed by atoms with Crippen LogP contribution in [0.2, 0.25) is 0 Å². The second-order valence-corrected chi connectivity index (χ2v) is 7.64. The maximum atomic E-state index is 13.6. The largest absolute Gasteiger partial charge is 0.377 e. The molecule has 0 bridgehead atoms. The Labute approximate surface area is 150 Å². The zero-order chi connectivity index (χ0) is 17.4. The van der Waals surface area contributed by atoms with E-state index in [0.717, 1.165) is 30.0 Å². The van der Waals surface area contributed by atoms with Gasteiger partial charge in [-0.25, -0.2) is 4.39 Å². The third kappa shape index (κ3) is 2.73. The van der Waals surface area contributed by atoms with E-state index in [0.29, 0.717) is 13.1 Å². The molecule has 2 aromatic rings. The van der Waals surface area contributed by atoms with Crippen LogP contribution in [0.5, 0.6) is 0 Å². The number of carbonyl (C=O) groups is 1. The summed E-state index contributed by atoms with van der Waals surface area (Å²) in [4.78, 5) is 17.5. The molecule has 1 unspecified atom stereocenters. The van der Waals surface area contributed by atoms with Crippen molar-refractivity contribution in [3.05, 3.63) is 52.5 Å². The smallest absolute Gasteiger partial charge is 0.263 e. The number of amides is 1. The molecule has 132 valence electrons. The van der Waals surface area contributed by atoms with Crippen LogP contribution in [-0.2, 0) is 4.74 Å². The molecule has 0 radical (unpaired) electrons. The van der Waals surface area contributed by atoms with Crippen molar-refractivity contribution in [2.24, 2.45) is 0 Å². The van der Waals surface area contributed by atoms with Gasteiger partial charge < -0.3 is 14.5 Å². The lowest BCUT2D eigenvalue weighted by Gasteiger charge is -2.61. The molecule has 1 aromatic heterocycles. The monoisotopic (exact) mass is 360 g/mol. The number of rotatable bonds is 3. The van der Waals surface area contributed by atoms with E-state index >= 15 is 0 Å². The number of piperidine rings is 1. The number of ether oxygens (including phenoxy) is 1. The van der Waals surface area contributed by atoms with Crippen molar-refractivity contribution in [2.75, 3.05) is 31.6 Å². The third-order valence-electron chi connectivity index (χ3n) is 5.54. The minimum absolute atomic E-state index is 0.107. The molecule has 4 rings (SSSR count). The summed E-state index contributed by atoms with van der Waals surface area (Å²) in [5.74, 6) is -0.116. The molecule has 4 nitrogen and oxygen atoms in total. The van der Waals surface area contributed by atoms with Gasteiger partial charge in [0.15, 0.2) is 0 Å². The molecule has 3 heterocycles. The zero-order valence-electron chi connectivity index (χ0n) is 14.2. The molecule has 2 aliphatic rings. The summed E-state index contributed by atoms with van der Waals surface area (Å²) in [6, 6.07) is 10.5. The van der Waals surface area contributed by atoms with Gasteiger partial charge in [0.2, 0.25) is 0 Å². The van der Waals surface area contributed by atoms with Crippen molar-refractivity contribution in [3.63, 3.8) is 0 Å². The highest BCUT2D eigenvalue weighted by molar-refractivity contribution is 7.12. The first kappa shape index (κ1) is 16.5. The first-order valence-corrected chi connectivity index (χ1v) is 9.41. The maximum absolute atomic E-state index is 13.6. The predicted molar refractivity (Wildman–Crippen MR) is 96.7 cm³/mol. The van der Waals surface area contributed by atoms with Crippen LogP contribution >= 0.6 is 11.3 Å². The molecule has 0 saturated carbocycles. The second kappa shape index (κ2) is 6.42. The van der Waals surface area contributed by atoms with Crippen molar-refractivity contribution in [1.82, 2.24) is 4.90 Å². The summed E-state index contributed by atoms with van der Waals surface area (Å²) >= 11 is 1.48. The molecule has 25 heavy (non-hydrogen) atoms. The first-order valence-electron chi connectivity index (χ1n) is 8.53. The molecule has 1 amide bonds. The van der Waals surface area contributed by atoms with Crippen molar-refractivity contribution in [3.8, 4) is 0 Å². The number of likely N-dealkylation sites (tertiary alicyclic amines) is 1. The Kier molecular flexibility index (Phi) is 4.25. The summed E-state index contributed by atoms with van der Waals surface area (Å²) < 4.78 is 19.3. The molecule has 1 spiro atoms. The lowest BCUT2D eigenvalue weighted by molar-refractivity contribution is -0.0433. The highest BCUT2D eigenvalue weighted by Gasteiger charge is 2.55. The SMILES string of the molecule is COC1CN(c2cccc(F)c2)C12CCN(C(=O)c1cccs1)CC2. The van der Waals surface area contributed by atoms with E-state index in [2.05, 4.69) is 4.90 Å². The number of nitrogens with zero attached hydrogens (tertiary/aromatic N) is 2. The van der Waals surface area contributed by atoms with Crippen molar-refractivity contribution in [2.45, 2.75) is 24.5 Å². The van der Waals surface area contributed by atoms with Crippen molar-refractivity contribution < 1.29 is 13.9 Å². The Bertz CT molecular complexity index is 757. The Balaban J connectivity index is 1.51. The minimum Gasteiger partial charge on any atom is -0.377 e. The van der Waals surface area contributed by atoms with Gasteiger partial charge in [0, 0.05) is 32.4 Å². The number of anilines is 1. The molecule has 0 N–H and O–H groups in total. The van der Waals surface area contributed by atoms with Crippen molar-refractivity contribution >= 4 is 22.9 Å². The highest BCUT2D eigenvalue weighted by atomic mass is 32.1. The van der Waals surface area contributed by atoms with Gasteiger partial charge in [-0.1, -0.05) is 12.1 Å². The van der Waals surface area contributed by atoms with Gasteiger partial charge in [-0.2, -0.15) is 0 Å². The minimum atomic E-state index is -0.223. The Morgan fingerprint density at radius 1 is 1.28 bits per heavy atom. The lowest BCUT2D eigenvalue weighted by atomic mass is 9.73. The van der Waals surface area contributed by atoms with Gasteiger partial charge in [-0.05, 0) is 42.5 Å². The van der Waals surface area contributed by atoms with Crippen LogP contribution in [0.15, 0.2) is 41.8 Å². The van der Waals surface area contributed by atoms with Crippen LogP contribution in [0.3, 0.4) is 0 Å². The van der Waals surface area contributed by atoms with E-state index < -0.39 is 0 Å². The van der Waals surface area contributed by atoms with E-state index in [-0.39, 0.29) is 23.4 Å². The number of carbonyl (C=O) groups excluding carboxylic acids is 1. The second-order valence-electron chi connectivity index (χ2n) is 6.69. The molecular weight excluding hydrogens is 339 g/mol. The van der Waals surface area contributed by atoms with E-state index in [1.807, 2.05) is 28.5 Å². The lowest BCUT2D eigenvalue weighted by Crippen LogP contribution is -2.74. The highest BCUT2D eigenvalue weighted by Crippen LogP contribution is 2.44. The molecule has 2 fully saturated rings. The number of hydrogen-bond donors (Lipinski definition) is 0. The third-order valence-corrected chi connectivity index (χ3v) is 6.40. The normalized spacial score (nSPS) is 22.1. The first-order chi connectivity index (χ1) is 12.1. The van der Waals surface area contributed by atoms with Gasteiger partial charge in [0.1, 0.15) is 5.82 Å². The topological polar surface area (TPSA) is 32.8 Å². The number of methoxy groups -OCH3 is 1. The van der Waals surface area contributed by atoms with Gasteiger partial charge >= 0.3 is 0 Å². The summed E-state index contributed by atoms with van der Waals surface area (Å²) in [5, 5.41) is 1.93. The molecule has 1 atom stereocenters. The summed E-state index contributed by atoms with van der Waals surface area (Å²) in [6.07, 6.45) is 1.79. The van der Waals surface area contributed by atoms with Crippen LogP contribution in [-0.4, -0.2) is 49.2 Å².